The average Bonchev–Trinajstić information content (AvgIpc) is 2.46. The number of hydrogen-bond acceptors (Lipinski definition) is 2. The van der Waals surface area contributed by atoms with E-state index in [-0.39, 0.29) is 5.54 Å². The van der Waals surface area contributed by atoms with Crippen molar-refractivity contribution in [3.63, 3.8) is 0 Å². The molecule has 20 heavy (non-hydrogen) atoms. The van der Waals surface area contributed by atoms with Gasteiger partial charge < -0.3 is 11.1 Å². The molecule has 0 aromatic heterocycles. The Bertz CT molecular complexity index is 532. The summed E-state index contributed by atoms with van der Waals surface area (Å²) in [4.78, 5) is 0. The van der Waals surface area contributed by atoms with E-state index in [1.54, 1.807) is 0 Å². The van der Waals surface area contributed by atoms with E-state index in [1.807, 2.05) is 18.2 Å². The second-order valence-corrected chi connectivity index (χ2v) is 5.92. The average molecular weight is 268 g/mol. The summed E-state index contributed by atoms with van der Waals surface area (Å²) in [6, 6.07) is 18.7. The molecule has 2 nitrogen and oxygen atoms in total. The second kappa shape index (κ2) is 6.58. The number of nitrogens with two attached hydrogens (primary N) is 1. The van der Waals surface area contributed by atoms with Crippen molar-refractivity contribution < 1.29 is 0 Å². The molecule has 106 valence electrons. The van der Waals surface area contributed by atoms with Gasteiger partial charge in [-0.25, -0.2) is 0 Å². The third kappa shape index (κ3) is 4.39. The van der Waals surface area contributed by atoms with E-state index in [0.29, 0.717) is 0 Å². The number of benzene rings is 2. The first-order chi connectivity index (χ1) is 9.57. The van der Waals surface area contributed by atoms with Crippen LogP contribution in [0.4, 0.5) is 5.69 Å². The van der Waals surface area contributed by atoms with Gasteiger partial charge in [-0.1, -0.05) is 48.5 Å². The molecule has 0 heterocycles. The molecule has 2 heteroatoms. The maximum absolute atomic E-state index is 5.97. The van der Waals surface area contributed by atoms with Gasteiger partial charge in [-0.15, -0.1) is 0 Å². The van der Waals surface area contributed by atoms with Gasteiger partial charge in [0.25, 0.3) is 0 Å². The number of rotatable bonds is 6. The van der Waals surface area contributed by atoms with Crippen LogP contribution in [0, 0.1) is 0 Å². The van der Waals surface area contributed by atoms with Gasteiger partial charge in [-0.2, -0.15) is 0 Å². The highest BCUT2D eigenvalue weighted by molar-refractivity contribution is 5.46. The zero-order valence-corrected chi connectivity index (χ0v) is 12.4. The fourth-order valence-corrected chi connectivity index (χ4v) is 2.22. The SMILES string of the molecule is CC(C)(CCc1ccccc1)NCc1ccccc1N. The fourth-order valence-electron chi connectivity index (χ4n) is 2.22. The topological polar surface area (TPSA) is 38.0 Å². The summed E-state index contributed by atoms with van der Waals surface area (Å²) in [6.07, 6.45) is 2.19. The molecule has 0 aliphatic carbocycles. The molecule has 0 spiro atoms. The lowest BCUT2D eigenvalue weighted by molar-refractivity contribution is 0.360. The monoisotopic (exact) mass is 268 g/mol. The third-order valence-corrected chi connectivity index (χ3v) is 3.69. The van der Waals surface area contributed by atoms with E-state index in [2.05, 4.69) is 55.6 Å². The fraction of sp³-hybridized carbons (Fsp3) is 0.333. The van der Waals surface area contributed by atoms with Crippen molar-refractivity contribution in [3.05, 3.63) is 65.7 Å². The van der Waals surface area contributed by atoms with Gasteiger partial charge in [0.2, 0.25) is 0 Å². The first kappa shape index (κ1) is 14.6. The maximum atomic E-state index is 5.97. The maximum Gasteiger partial charge on any atom is 0.0359 e. The summed E-state index contributed by atoms with van der Waals surface area (Å²) < 4.78 is 0. The van der Waals surface area contributed by atoms with Gasteiger partial charge in [-0.05, 0) is 43.9 Å². The Morgan fingerprint density at radius 1 is 0.950 bits per heavy atom. The number of hydrogen-bond donors (Lipinski definition) is 2. The van der Waals surface area contributed by atoms with Crippen LogP contribution in [0.1, 0.15) is 31.4 Å². The van der Waals surface area contributed by atoms with E-state index in [4.69, 9.17) is 5.73 Å². The minimum absolute atomic E-state index is 0.0954. The Morgan fingerprint density at radius 2 is 1.60 bits per heavy atom. The van der Waals surface area contributed by atoms with Crippen molar-refractivity contribution in [3.8, 4) is 0 Å². The molecule has 0 amide bonds. The number of aryl methyl sites for hydroxylation is 1. The lowest BCUT2D eigenvalue weighted by atomic mass is 9.95. The minimum Gasteiger partial charge on any atom is -0.398 e. The molecule has 0 fully saturated rings. The number of anilines is 1. The normalized spacial score (nSPS) is 11.5. The van der Waals surface area contributed by atoms with Crippen molar-refractivity contribution in [2.24, 2.45) is 0 Å². The van der Waals surface area contributed by atoms with Crippen LogP contribution >= 0.6 is 0 Å². The van der Waals surface area contributed by atoms with E-state index >= 15 is 0 Å². The van der Waals surface area contributed by atoms with Crippen molar-refractivity contribution in [1.82, 2.24) is 5.32 Å². The van der Waals surface area contributed by atoms with Gasteiger partial charge in [0.1, 0.15) is 0 Å². The summed E-state index contributed by atoms with van der Waals surface area (Å²) in [7, 11) is 0. The van der Waals surface area contributed by atoms with E-state index in [9.17, 15) is 0 Å². The quantitative estimate of drug-likeness (QED) is 0.783. The van der Waals surface area contributed by atoms with Crippen LogP contribution in [0.3, 0.4) is 0 Å². The Kier molecular flexibility index (Phi) is 4.80. The molecule has 0 bridgehead atoms. The van der Waals surface area contributed by atoms with Crippen molar-refractivity contribution in [1.29, 1.82) is 0 Å². The molecule has 2 aromatic carbocycles. The van der Waals surface area contributed by atoms with Gasteiger partial charge in [0.15, 0.2) is 0 Å². The largest absolute Gasteiger partial charge is 0.398 e. The predicted octanol–water partition coefficient (Wildman–Crippen LogP) is 3.77. The summed E-state index contributed by atoms with van der Waals surface area (Å²) in [6.45, 7) is 5.30. The van der Waals surface area contributed by atoms with Gasteiger partial charge in [0.05, 0.1) is 0 Å². The third-order valence-electron chi connectivity index (χ3n) is 3.69. The van der Waals surface area contributed by atoms with Crippen LogP contribution in [-0.4, -0.2) is 5.54 Å². The smallest absolute Gasteiger partial charge is 0.0359 e. The Morgan fingerprint density at radius 3 is 2.30 bits per heavy atom. The van der Waals surface area contributed by atoms with Gasteiger partial charge >= 0.3 is 0 Å². The molecule has 0 atom stereocenters. The van der Waals surface area contributed by atoms with E-state index in [0.717, 1.165) is 25.1 Å². The Balaban J connectivity index is 1.86. The predicted molar refractivity (Wildman–Crippen MR) is 86.5 cm³/mol. The molecule has 0 aliphatic heterocycles. The van der Waals surface area contributed by atoms with E-state index in [1.165, 1.54) is 11.1 Å². The van der Waals surface area contributed by atoms with Crippen molar-refractivity contribution in [2.75, 3.05) is 5.73 Å². The molecule has 2 aromatic rings. The zero-order valence-electron chi connectivity index (χ0n) is 12.4. The summed E-state index contributed by atoms with van der Waals surface area (Å²) >= 11 is 0. The van der Waals surface area contributed by atoms with Crippen LogP contribution < -0.4 is 11.1 Å². The summed E-state index contributed by atoms with van der Waals surface area (Å²) in [5.41, 5.74) is 9.49. The van der Waals surface area contributed by atoms with Crippen LogP contribution in [0.5, 0.6) is 0 Å². The molecule has 0 aliphatic rings. The van der Waals surface area contributed by atoms with Crippen LogP contribution in [0.2, 0.25) is 0 Å². The molecular weight excluding hydrogens is 244 g/mol. The standard InChI is InChI=1S/C18H24N2/c1-18(2,13-12-15-8-4-3-5-9-15)20-14-16-10-6-7-11-17(16)19/h3-11,20H,12-14,19H2,1-2H3. The molecule has 0 saturated heterocycles. The lowest BCUT2D eigenvalue weighted by Gasteiger charge is -2.27. The van der Waals surface area contributed by atoms with Gasteiger partial charge in [-0.3, -0.25) is 0 Å². The first-order valence-electron chi connectivity index (χ1n) is 7.19. The highest BCUT2D eigenvalue weighted by Gasteiger charge is 2.17. The lowest BCUT2D eigenvalue weighted by Crippen LogP contribution is -2.39. The molecular formula is C18H24N2. The molecule has 3 N–H and O–H groups in total. The zero-order chi connectivity index (χ0) is 14.4. The Labute approximate surface area is 122 Å². The molecule has 0 unspecified atom stereocenters. The highest BCUT2D eigenvalue weighted by atomic mass is 14.9. The Hall–Kier alpha value is -1.80. The van der Waals surface area contributed by atoms with Crippen molar-refractivity contribution in [2.45, 2.75) is 38.8 Å². The van der Waals surface area contributed by atoms with Crippen LogP contribution in [-0.2, 0) is 13.0 Å². The van der Waals surface area contributed by atoms with E-state index < -0.39 is 0 Å². The first-order valence-corrected chi connectivity index (χ1v) is 7.19. The number of nitrogen functional groups attached to an aromatic ring is 1. The summed E-state index contributed by atoms with van der Waals surface area (Å²) in [5, 5.41) is 3.61. The number of para-hydroxylation sites is 1. The van der Waals surface area contributed by atoms with Crippen molar-refractivity contribution >= 4 is 5.69 Å². The molecule has 0 radical (unpaired) electrons. The van der Waals surface area contributed by atoms with Gasteiger partial charge in [0, 0.05) is 17.8 Å². The van der Waals surface area contributed by atoms with Crippen LogP contribution in [0.25, 0.3) is 0 Å². The van der Waals surface area contributed by atoms with Crippen LogP contribution in [0.15, 0.2) is 54.6 Å². The molecule has 0 saturated carbocycles. The molecule has 2 rings (SSSR count). The highest BCUT2D eigenvalue weighted by Crippen LogP contribution is 2.16. The minimum atomic E-state index is 0.0954. The summed E-state index contributed by atoms with van der Waals surface area (Å²) in [5.74, 6) is 0. The number of nitrogens with one attached hydrogen (secondary N) is 1. The second-order valence-electron chi connectivity index (χ2n) is 5.92.